The second kappa shape index (κ2) is 18.0. The predicted octanol–water partition coefficient (Wildman–Crippen LogP) is 1.35. The Bertz CT molecular complexity index is 1230. The van der Waals surface area contributed by atoms with E-state index in [0.29, 0.717) is 12.8 Å². The molecule has 1 amide bonds. The van der Waals surface area contributed by atoms with Crippen molar-refractivity contribution in [3.05, 3.63) is 0 Å². The van der Waals surface area contributed by atoms with Gasteiger partial charge in [0, 0.05) is 37.8 Å². The van der Waals surface area contributed by atoms with Crippen LogP contribution in [-0.2, 0) is 33.2 Å². The molecule has 0 radical (unpaired) electrons. The standard InChI is InChI=1S/C37H69N3O13/c1-14-25(41)37(10,46)29(43)22(6)38-32(45)21(5)28(51-26-17-35(8,48-13)30(44)23(7)50-26)20(4)31(36(9)16-18(2)33(39-47)53-36)52-34-27(42)24(40(11)12)15-19(3)49-34/h18-31,34,41-44,46-47H,14-17H2,1-13H3,(H,38,45)/b39-33+/t18-,19-,20+,21-,22-,23-,24-,25-,26-,27-,28+,29-,30-,31-,34+,35+,36+,37-/m1/s1. The molecule has 3 aliphatic rings. The van der Waals surface area contributed by atoms with Crippen molar-refractivity contribution < 1.29 is 64.0 Å². The normalized spacial score (nSPS) is 39.7. The molecule has 0 unspecified atom stereocenters. The molecule has 0 aromatic heterocycles. The Balaban J connectivity index is 2.08. The number of carbonyl (C=O) groups excluding carboxylic acids is 1. The van der Waals surface area contributed by atoms with E-state index in [9.17, 15) is 35.5 Å². The lowest BCUT2D eigenvalue weighted by Crippen LogP contribution is -2.61. The summed E-state index contributed by atoms with van der Waals surface area (Å²) in [5.74, 6) is -2.41. The minimum atomic E-state index is -1.91. The Morgan fingerprint density at radius 2 is 1.72 bits per heavy atom. The molecule has 7 N–H and O–H groups in total. The third-order valence-electron chi connectivity index (χ3n) is 11.9. The molecule has 0 aromatic rings. The van der Waals surface area contributed by atoms with Crippen LogP contribution in [0.1, 0.15) is 94.9 Å². The summed E-state index contributed by atoms with van der Waals surface area (Å²) < 4.78 is 37.8. The number of oxime groups is 1. The molecule has 3 saturated heterocycles. The number of ether oxygens (including phenoxy) is 6. The number of nitrogens with zero attached hydrogens (tertiary/aromatic N) is 2. The summed E-state index contributed by atoms with van der Waals surface area (Å²) in [7, 11) is 5.24. The maximum Gasteiger partial charge on any atom is 0.229 e. The van der Waals surface area contributed by atoms with E-state index >= 15 is 0 Å². The fourth-order valence-electron chi connectivity index (χ4n) is 8.33. The largest absolute Gasteiger partial charge is 0.469 e. The molecule has 16 heteroatoms. The van der Waals surface area contributed by atoms with Crippen LogP contribution in [0.15, 0.2) is 5.16 Å². The lowest BCUT2D eigenvalue weighted by atomic mass is 9.78. The number of aliphatic hydroxyl groups excluding tert-OH is 4. The van der Waals surface area contributed by atoms with Gasteiger partial charge in [-0.1, -0.05) is 32.9 Å². The average Bonchev–Trinajstić information content (AvgIpc) is 3.41. The maximum atomic E-state index is 14.1. The summed E-state index contributed by atoms with van der Waals surface area (Å²) in [5, 5.41) is 70.8. The number of hydrogen-bond donors (Lipinski definition) is 7. The minimum Gasteiger partial charge on any atom is -0.469 e. The summed E-state index contributed by atoms with van der Waals surface area (Å²) in [6, 6.07) is -1.27. The third-order valence-corrected chi connectivity index (χ3v) is 11.9. The highest BCUT2D eigenvalue weighted by Gasteiger charge is 2.55. The van der Waals surface area contributed by atoms with Gasteiger partial charge in [-0.25, -0.2) is 0 Å². The van der Waals surface area contributed by atoms with Gasteiger partial charge in [-0.15, -0.1) is 0 Å². The molecule has 16 nitrogen and oxygen atoms in total. The van der Waals surface area contributed by atoms with Gasteiger partial charge in [0.15, 0.2) is 12.6 Å². The first-order valence-corrected chi connectivity index (χ1v) is 19.0. The number of nitrogens with one attached hydrogen (secondary N) is 1. The monoisotopic (exact) mass is 763 g/mol. The van der Waals surface area contributed by atoms with Crippen molar-refractivity contribution in [2.24, 2.45) is 22.9 Å². The Labute approximate surface area is 315 Å². The van der Waals surface area contributed by atoms with Crippen LogP contribution in [0.4, 0.5) is 0 Å². The van der Waals surface area contributed by atoms with Crippen LogP contribution in [0.25, 0.3) is 0 Å². The van der Waals surface area contributed by atoms with Gasteiger partial charge in [0.1, 0.15) is 35.6 Å². The van der Waals surface area contributed by atoms with Crippen LogP contribution in [0, 0.1) is 17.8 Å². The average molecular weight is 764 g/mol. The molecule has 0 aliphatic carbocycles. The van der Waals surface area contributed by atoms with E-state index in [1.54, 1.807) is 27.7 Å². The van der Waals surface area contributed by atoms with E-state index in [0.717, 1.165) is 0 Å². The summed E-state index contributed by atoms with van der Waals surface area (Å²) >= 11 is 0. The van der Waals surface area contributed by atoms with Gasteiger partial charge in [0.05, 0.1) is 42.0 Å². The molecule has 3 aliphatic heterocycles. The zero-order valence-electron chi connectivity index (χ0n) is 33.9. The van der Waals surface area contributed by atoms with Crippen molar-refractivity contribution in [3.8, 4) is 0 Å². The van der Waals surface area contributed by atoms with E-state index in [2.05, 4.69) is 10.5 Å². The van der Waals surface area contributed by atoms with Crippen LogP contribution >= 0.6 is 0 Å². The highest BCUT2D eigenvalue weighted by atomic mass is 16.7. The molecule has 0 saturated carbocycles. The second-order valence-corrected chi connectivity index (χ2v) is 16.7. The number of hydrogen-bond acceptors (Lipinski definition) is 15. The summed E-state index contributed by atoms with van der Waals surface area (Å²) in [4.78, 5) is 16.1. The van der Waals surface area contributed by atoms with Crippen LogP contribution in [-0.4, -0.2) is 159 Å². The number of aliphatic hydroxyl groups is 5. The Morgan fingerprint density at radius 3 is 2.25 bits per heavy atom. The molecule has 0 aromatic carbocycles. The number of carbonyl (C=O) groups is 1. The lowest BCUT2D eigenvalue weighted by Gasteiger charge is -2.48. The zero-order valence-corrected chi connectivity index (χ0v) is 33.9. The number of methoxy groups -OCH3 is 1. The van der Waals surface area contributed by atoms with Crippen LogP contribution in [0.5, 0.6) is 0 Å². The molecule has 53 heavy (non-hydrogen) atoms. The molecule has 0 bridgehead atoms. The third kappa shape index (κ3) is 10.0. The van der Waals surface area contributed by atoms with E-state index in [1.807, 2.05) is 46.7 Å². The Hall–Kier alpha value is -1.70. The molecule has 3 fully saturated rings. The SMILES string of the molecule is CC[C@@H](O)[C@@](C)(O)[C@H](O)[C@@H](C)NC(=O)[C@H](C)[C@@H](O[C@@H]1C[C@](C)(OC)[C@H](O)[C@@H](C)O1)[C@H](C)[C@@H](O[C@@H]1O[C@H](C)C[C@@H](N(C)C)[C@H]1O)[C@]1(C)C[C@@H](C)/C(=N\O)O1. The van der Waals surface area contributed by atoms with Crippen molar-refractivity contribution in [1.82, 2.24) is 10.2 Å². The van der Waals surface area contributed by atoms with Crippen molar-refractivity contribution >= 4 is 11.8 Å². The van der Waals surface area contributed by atoms with Crippen molar-refractivity contribution in [3.63, 3.8) is 0 Å². The topological polar surface area (TPSA) is 221 Å². The molecular weight excluding hydrogens is 694 g/mol. The van der Waals surface area contributed by atoms with Gasteiger partial charge in [-0.05, 0) is 68.5 Å². The van der Waals surface area contributed by atoms with Crippen molar-refractivity contribution in [1.29, 1.82) is 0 Å². The molecule has 3 heterocycles. The number of rotatable bonds is 16. The van der Waals surface area contributed by atoms with Crippen LogP contribution in [0.3, 0.4) is 0 Å². The van der Waals surface area contributed by atoms with Gasteiger partial charge in [0.25, 0.3) is 0 Å². The molecule has 310 valence electrons. The second-order valence-electron chi connectivity index (χ2n) is 16.7. The zero-order chi connectivity index (χ0) is 40.4. The van der Waals surface area contributed by atoms with Gasteiger partial charge >= 0.3 is 0 Å². The molecular formula is C37H69N3O13. The summed E-state index contributed by atoms with van der Waals surface area (Å²) in [6.45, 7) is 17.0. The van der Waals surface area contributed by atoms with Gasteiger partial charge in [0.2, 0.25) is 11.8 Å². The Morgan fingerprint density at radius 1 is 1.09 bits per heavy atom. The van der Waals surface area contributed by atoms with E-state index in [-0.39, 0.29) is 36.8 Å². The van der Waals surface area contributed by atoms with Gasteiger partial charge in [-0.3, -0.25) is 4.79 Å². The summed E-state index contributed by atoms with van der Waals surface area (Å²) in [6.07, 6.45) is -8.52. The molecule has 0 spiro atoms. The van der Waals surface area contributed by atoms with Crippen LogP contribution in [0.2, 0.25) is 0 Å². The highest BCUT2D eigenvalue weighted by Crippen LogP contribution is 2.43. The van der Waals surface area contributed by atoms with E-state index in [1.165, 1.54) is 21.0 Å². The molecule has 3 rings (SSSR count). The molecule has 18 atom stereocenters. The first-order valence-electron chi connectivity index (χ1n) is 19.0. The first kappa shape index (κ1) is 45.7. The van der Waals surface area contributed by atoms with Crippen LogP contribution < -0.4 is 5.32 Å². The van der Waals surface area contributed by atoms with Crippen molar-refractivity contribution in [2.45, 2.75) is 185 Å². The quantitative estimate of drug-likeness (QED) is 0.0872. The fourth-order valence-corrected chi connectivity index (χ4v) is 8.33. The van der Waals surface area contributed by atoms with Gasteiger partial charge < -0.3 is 69.4 Å². The van der Waals surface area contributed by atoms with E-state index in [4.69, 9.17) is 28.4 Å². The minimum absolute atomic E-state index is 0.111. The van der Waals surface area contributed by atoms with E-state index < -0.39 is 95.9 Å². The number of amides is 1. The number of likely N-dealkylation sites (N-methyl/N-ethyl adjacent to an activating group) is 1. The lowest BCUT2D eigenvalue weighted by molar-refractivity contribution is -0.314. The Kier molecular flexibility index (Phi) is 15.6. The summed E-state index contributed by atoms with van der Waals surface area (Å²) in [5.41, 5.74) is -4.11. The van der Waals surface area contributed by atoms with Gasteiger partial charge in [-0.2, -0.15) is 0 Å². The first-order chi connectivity index (χ1) is 24.5. The fraction of sp³-hybridized carbons (Fsp3) is 0.946. The smallest absolute Gasteiger partial charge is 0.229 e. The maximum absolute atomic E-state index is 14.1. The predicted molar refractivity (Wildman–Crippen MR) is 194 cm³/mol. The highest BCUT2D eigenvalue weighted by molar-refractivity contribution is 5.80. The van der Waals surface area contributed by atoms with Crippen molar-refractivity contribution in [2.75, 3.05) is 21.2 Å².